The largest absolute Gasteiger partial charge is 0.493 e. The van der Waals surface area contributed by atoms with Crippen LogP contribution in [0.25, 0.3) is 0 Å². The SMILES string of the molecule is CNS(=O)(=O)c1ccc(C)c(C(=O)Nc2ccc(Oc3ccccc3OC)cc2)c1. The molecule has 0 spiro atoms. The summed E-state index contributed by atoms with van der Waals surface area (Å²) in [7, 11) is -0.750. The monoisotopic (exact) mass is 426 g/mol. The van der Waals surface area contributed by atoms with E-state index in [2.05, 4.69) is 10.0 Å². The Labute approximate surface area is 175 Å². The van der Waals surface area contributed by atoms with Gasteiger partial charge in [-0.15, -0.1) is 0 Å². The number of hydrogen-bond donors (Lipinski definition) is 2. The first-order chi connectivity index (χ1) is 14.3. The lowest BCUT2D eigenvalue weighted by molar-refractivity contribution is 0.102. The smallest absolute Gasteiger partial charge is 0.255 e. The second-order valence-electron chi connectivity index (χ2n) is 6.42. The number of amides is 1. The Balaban J connectivity index is 1.76. The minimum atomic E-state index is -3.64. The van der Waals surface area contributed by atoms with Crippen LogP contribution in [0.15, 0.2) is 71.6 Å². The zero-order chi connectivity index (χ0) is 21.7. The maximum atomic E-state index is 12.7. The molecule has 0 saturated carbocycles. The molecule has 0 aliphatic carbocycles. The molecule has 30 heavy (non-hydrogen) atoms. The van der Waals surface area contributed by atoms with Crippen molar-refractivity contribution in [2.75, 3.05) is 19.5 Å². The molecule has 1 amide bonds. The Morgan fingerprint density at radius 1 is 0.933 bits per heavy atom. The highest BCUT2D eigenvalue weighted by Crippen LogP contribution is 2.31. The summed E-state index contributed by atoms with van der Waals surface area (Å²) in [6, 6.07) is 18.5. The van der Waals surface area contributed by atoms with E-state index in [1.54, 1.807) is 56.5 Å². The van der Waals surface area contributed by atoms with Gasteiger partial charge >= 0.3 is 0 Å². The van der Waals surface area contributed by atoms with E-state index in [0.717, 1.165) is 0 Å². The highest BCUT2D eigenvalue weighted by Gasteiger charge is 2.17. The normalized spacial score (nSPS) is 11.0. The lowest BCUT2D eigenvalue weighted by Gasteiger charge is -2.12. The van der Waals surface area contributed by atoms with E-state index in [4.69, 9.17) is 9.47 Å². The molecule has 0 aliphatic heterocycles. The molecule has 0 aliphatic rings. The van der Waals surface area contributed by atoms with Gasteiger partial charge in [-0.25, -0.2) is 13.1 Å². The van der Waals surface area contributed by atoms with Crippen LogP contribution in [-0.4, -0.2) is 28.5 Å². The Hall–Kier alpha value is -3.36. The number of nitrogens with one attached hydrogen (secondary N) is 2. The first kappa shape index (κ1) is 21.4. The van der Waals surface area contributed by atoms with Crippen molar-refractivity contribution in [3.63, 3.8) is 0 Å². The zero-order valence-electron chi connectivity index (χ0n) is 16.8. The minimum absolute atomic E-state index is 0.0290. The van der Waals surface area contributed by atoms with Crippen molar-refractivity contribution in [2.45, 2.75) is 11.8 Å². The molecule has 2 N–H and O–H groups in total. The molecule has 0 saturated heterocycles. The highest BCUT2D eigenvalue weighted by molar-refractivity contribution is 7.89. The van der Waals surface area contributed by atoms with Gasteiger partial charge in [-0.1, -0.05) is 18.2 Å². The molecule has 156 valence electrons. The number of carbonyl (C=O) groups is 1. The number of hydrogen-bond acceptors (Lipinski definition) is 5. The average Bonchev–Trinajstić information content (AvgIpc) is 2.75. The van der Waals surface area contributed by atoms with Crippen molar-refractivity contribution in [1.29, 1.82) is 0 Å². The van der Waals surface area contributed by atoms with E-state index in [0.29, 0.717) is 28.5 Å². The maximum absolute atomic E-state index is 12.7. The summed E-state index contributed by atoms with van der Waals surface area (Å²) in [5.41, 5.74) is 1.49. The fourth-order valence-corrected chi connectivity index (χ4v) is 3.52. The fraction of sp³-hybridized carbons (Fsp3) is 0.136. The average molecular weight is 426 g/mol. The molecule has 7 nitrogen and oxygen atoms in total. The third-order valence-corrected chi connectivity index (χ3v) is 5.85. The second kappa shape index (κ2) is 8.98. The van der Waals surface area contributed by atoms with Crippen LogP contribution in [0.2, 0.25) is 0 Å². The summed E-state index contributed by atoms with van der Waals surface area (Å²) in [6.45, 7) is 1.74. The third kappa shape index (κ3) is 4.79. The molecule has 0 heterocycles. The molecule has 8 heteroatoms. The maximum Gasteiger partial charge on any atom is 0.255 e. The summed E-state index contributed by atoms with van der Waals surface area (Å²) in [4.78, 5) is 12.7. The number of sulfonamides is 1. The highest BCUT2D eigenvalue weighted by atomic mass is 32.2. The van der Waals surface area contributed by atoms with Crippen LogP contribution in [0.4, 0.5) is 5.69 Å². The van der Waals surface area contributed by atoms with E-state index in [-0.39, 0.29) is 10.5 Å². The van der Waals surface area contributed by atoms with Gasteiger partial charge in [-0.3, -0.25) is 4.79 Å². The van der Waals surface area contributed by atoms with Gasteiger partial charge in [0.2, 0.25) is 10.0 Å². The molecule has 3 rings (SSSR count). The van der Waals surface area contributed by atoms with Crippen LogP contribution >= 0.6 is 0 Å². The number of methoxy groups -OCH3 is 1. The lowest BCUT2D eigenvalue weighted by Crippen LogP contribution is -2.20. The van der Waals surface area contributed by atoms with Crippen LogP contribution in [0.3, 0.4) is 0 Å². The van der Waals surface area contributed by atoms with Crippen LogP contribution in [-0.2, 0) is 10.0 Å². The van der Waals surface area contributed by atoms with E-state index in [1.165, 1.54) is 19.2 Å². The first-order valence-corrected chi connectivity index (χ1v) is 10.6. The molecule has 0 radical (unpaired) electrons. The van der Waals surface area contributed by atoms with Crippen LogP contribution in [0.5, 0.6) is 17.2 Å². The molecule has 0 aromatic heterocycles. The Kier molecular flexibility index (Phi) is 6.39. The zero-order valence-corrected chi connectivity index (χ0v) is 17.6. The first-order valence-electron chi connectivity index (χ1n) is 9.10. The number of carbonyl (C=O) groups excluding carboxylic acids is 1. The van der Waals surface area contributed by atoms with Gasteiger partial charge in [0.15, 0.2) is 11.5 Å². The van der Waals surface area contributed by atoms with Crippen molar-refractivity contribution in [3.8, 4) is 17.2 Å². The predicted molar refractivity (Wildman–Crippen MR) is 115 cm³/mol. The van der Waals surface area contributed by atoms with Gasteiger partial charge < -0.3 is 14.8 Å². The van der Waals surface area contributed by atoms with Crippen molar-refractivity contribution in [2.24, 2.45) is 0 Å². The Morgan fingerprint density at radius 2 is 1.60 bits per heavy atom. The standard InChI is InChI=1S/C22H22N2O5S/c1-15-8-13-18(30(26,27)23-2)14-19(15)22(25)24-16-9-11-17(12-10-16)29-21-7-5-4-6-20(21)28-3/h4-14,23H,1-3H3,(H,24,25). The molecule has 3 aromatic rings. The number of anilines is 1. The number of ether oxygens (including phenoxy) is 2. The van der Waals surface area contributed by atoms with E-state index < -0.39 is 15.9 Å². The van der Waals surface area contributed by atoms with Crippen molar-refractivity contribution >= 4 is 21.6 Å². The molecule has 0 fully saturated rings. The summed E-state index contributed by atoms with van der Waals surface area (Å²) in [6.07, 6.45) is 0. The van der Waals surface area contributed by atoms with Gasteiger partial charge in [0.25, 0.3) is 5.91 Å². The quantitative estimate of drug-likeness (QED) is 0.597. The van der Waals surface area contributed by atoms with Gasteiger partial charge in [0.1, 0.15) is 5.75 Å². The predicted octanol–water partition coefficient (Wildman–Crippen LogP) is 3.96. The van der Waals surface area contributed by atoms with Crippen LogP contribution < -0.4 is 19.5 Å². The summed E-state index contributed by atoms with van der Waals surface area (Å²) in [5, 5.41) is 2.77. The van der Waals surface area contributed by atoms with Gasteiger partial charge in [-0.05, 0) is 68.1 Å². The topological polar surface area (TPSA) is 93.7 Å². The molecule has 0 bridgehead atoms. The third-order valence-electron chi connectivity index (χ3n) is 4.44. The van der Waals surface area contributed by atoms with E-state index >= 15 is 0 Å². The van der Waals surface area contributed by atoms with E-state index in [1.807, 2.05) is 12.1 Å². The van der Waals surface area contributed by atoms with Gasteiger partial charge in [0.05, 0.1) is 12.0 Å². The summed E-state index contributed by atoms with van der Waals surface area (Å²) < 4.78 is 37.4. The molecular weight excluding hydrogens is 404 g/mol. The van der Waals surface area contributed by atoms with Crippen molar-refractivity contribution in [3.05, 3.63) is 77.9 Å². The fourth-order valence-electron chi connectivity index (χ4n) is 2.77. The molecule has 3 aromatic carbocycles. The molecule has 0 unspecified atom stereocenters. The van der Waals surface area contributed by atoms with Crippen molar-refractivity contribution < 1.29 is 22.7 Å². The lowest BCUT2D eigenvalue weighted by atomic mass is 10.1. The number of benzene rings is 3. The second-order valence-corrected chi connectivity index (χ2v) is 8.30. The van der Waals surface area contributed by atoms with Crippen LogP contribution in [0.1, 0.15) is 15.9 Å². The van der Waals surface area contributed by atoms with Gasteiger partial charge in [-0.2, -0.15) is 0 Å². The molecule has 0 atom stereocenters. The number of rotatable bonds is 7. The van der Waals surface area contributed by atoms with E-state index in [9.17, 15) is 13.2 Å². The molecular formula is C22H22N2O5S. The summed E-state index contributed by atoms with van der Waals surface area (Å²) >= 11 is 0. The Morgan fingerprint density at radius 3 is 2.23 bits per heavy atom. The van der Waals surface area contributed by atoms with Crippen LogP contribution in [0, 0.1) is 6.92 Å². The number of para-hydroxylation sites is 2. The summed E-state index contributed by atoms with van der Waals surface area (Å²) in [5.74, 6) is 1.37. The Bertz CT molecular complexity index is 1160. The number of aryl methyl sites for hydroxylation is 1. The van der Waals surface area contributed by atoms with Crippen molar-refractivity contribution in [1.82, 2.24) is 4.72 Å². The minimum Gasteiger partial charge on any atom is -0.493 e. The van der Waals surface area contributed by atoms with Gasteiger partial charge in [0, 0.05) is 11.3 Å².